The average Bonchev–Trinajstić information content (AvgIpc) is 2.79. The van der Waals surface area contributed by atoms with Crippen molar-refractivity contribution in [1.29, 1.82) is 0 Å². The minimum absolute atomic E-state index is 0.233. The van der Waals surface area contributed by atoms with Crippen molar-refractivity contribution in [1.82, 2.24) is 4.72 Å². The van der Waals surface area contributed by atoms with Crippen LogP contribution in [0.1, 0.15) is 12.8 Å². The molecule has 1 N–H and O–H groups in total. The summed E-state index contributed by atoms with van der Waals surface area (Å²) in [5, 5.41) is 0. The summed E-state index contributed by atoms with van der Waals surface area (Å²) < 4.78 is 63.1. The molecule has 0 bridgehead atoms. The van der Waals surface area contributed by atoms with Crippen LogP contribution in [0.3, 0.4) is 0 Å². The number of sulfonamides is 1. The molecule has 1 aliphatic rings. The van der Waals surface area contributed by atoms with Gasteiger partial charge in [-0.25, -0.2) is 25.9 Å². The summed E-state index contributed by atoms with van der Waals surface area (Å²) in [6.07, 6.45) is 5.66. The van der Waals surface area contributed by atoms with Crippen LogP contribution in [0.25, 0.3) is 0 Å². The molecule has 0 aromatic heterocycles. The number of hydrogen-bond acceptors (Lipinski definition) is 4. The van der Waals surface area contributed by atoms with Crippen molar-refractivity contribution in [3.05, 3.63) is 36.2 Å². The van der Waals surface area contributed by atoms with Crippen LogP contribution in [0.5, 0.6) is 0 Å². The molecule has 1 aliphatic carbocycles. The second-order valence-electron chi connectivity index (χ2n) is 4.63. The van der Waals surface area contributed by atoms with E-state index in [0.29, 0.717) is 12.8 Å². The van der Waals surface area contributed by atoms with Gasteiger partial charge in [0.2, 0.25) is 10.0 Å². The normalized spacial score (nSPS) is 16.7. The van der Waals surface area contributed by atoms with Crippen molar-refractivity contribution in [2.24, 2.45) is 0 Å². The Kier molecular flexibility index (Phi) is 3.99. The molecule has 110 valence electrons. The Balaban J connectivity index is 2.40. The molecule has 0 aliphatic heterocycles. The van der Waals surface area contributed by atoms with Crippen molar-refractivity contribution in [2.75, 3.05) is 6.26 Å². The average molecular weight is 319 g/mol. The van der Waals surface area contributed by atoms with Gasteiger partial charge in [-0.3, -0.25) is 0 Å². The van der Waals surface area contributed by atoms with Gasteiger partial charge in [-0.1, -0.05) is 12.2 Å². The van der Waals surface area contributed by atoms with E-state index < -0.39 is 30.6 Å². The van der Waals surface area contributed by atoms with Crippen LogP contribution in [0.2, 0.25) is 0 Å². The Labute approximate surface area is 117 Å². The van der Waals surface area contributed by atoms with E-state index in [4.69, 9.17) is 0 Å². The second-order valence-corrected chi connectivity index (χ2v) is 8.32. The molecule has 20 heavy (non-hydrogen) atoms. The fraction of sp³-hybridized carbons (Fsp3) is 0.333. The van der Waals surface area contributed by atoms with Crippen LogP contribution < -0.4 is 4.72 Å². The zero-order valence-electron chi connectivity index (χ0n) is 10.7. The number of sulfone groups is 1. The first-order chi connectivity index (χ1) is 9.20. The molecule has 0 radical (unpaired) electrons. The molecule has 0 spiro atoms. The first-order valence-electron chi connectivity index (χ1n) is 5.87. The van der Waals surface area contributed by atoms with E-state index >= 15 is 0 Å². The Morgan fingerprint density at radius 1 is 1.15 bits per heavy atom. The highest BCUT2D eigenvalue weighted by Crippen LogP contribution is 2.21. The minimum Gasteiger partial charge on any atom is -0.224 e. The van der Waals surface area contributed by atoms with Crippen molar-refractivity contribution in [3.8, 4) is 0 Å². The van der Waals surface area contributed by atoms with Crippen LogP contribution in [-0.4, -0.2) is 29.1 Å². The monoisotopic (exact) mass is 319 g/mol. The predicted octanol–water partition coefficient (Wildman–Crippen LogP) is 1.23. The van der Waals surface area contributed by atoms with Crippen LogP contribution in [-0.2, 0) is 19.9 Å². The molecule has 0 saturated heterocycles. The van der Waals surface area contributed by atoms with Gasteiger partial charge in [0.05, 0.1) is 4.90 Å². The summed E-state index contributed by atoms with van der Waals surface area (Å²) >= 11 is 0. The van der Waals surface area contributed by atoms with Crippen LogP contribution in [0, 0.1) is 5.82 Å². The lowest BCUT2D eigenvalue weighted by atomic mass is 10.3. The third-order valence-electron chi connectivity index (χ3n) is 2.95. The highest BCUT2D eigenvalue weighted by molar-refractivity contribution is 7.91. The van der Waals surface area contributed by atoms with Gasteiger partial charge in [0.25, 0.3) is 0 Å². The number of benzene rings is 1. The van der Waals surface area contributed by atoms with Gasteiger partial charge in [0.1, 0.15) is 10.7 Å². The molecule has 1 aromatic rings. The van der Waals surface area contributed by atoms with Crippen LogP contribution in [0.4, 0.5) is 4.39 Å². The molecule has 0 unspecified atom stereocenters. The molecular formula is C12H14FNO4S2. The summed E-state index contributed by atoms with van der Waals surface area (Å²) in [6.45, 7) is 0. The lowest BCUT2D eigenvalue weighted by Gasteiger charge is -2.13. The zero-order valence-corrected chi connectivity index (χ0v) is 12.3. The maximum atomic E-state index is 13.7. The van der Waals surface area contributed by atoms with Gasteiger partial charge in [-0.15, -0.1) is 0 Å². The van der Waals surface area contributed by atoms with E-state index in [1.54, 1.807) is 0 Å². The molecule has 0 fully saturated rings. The van der Waals surface area contributed by atoms with Crippen LogP contribution in [0.15, 0.2) is 40.1 Å². The molecule has 0 atom stereocenters. The molecule has 0 heterocycles. The number of rotatable bonds is 4. The number of hydrogen-bond donors (Lipinski definition) is 1. The topological polar surface area (TPSA) is 80.3 Å². The van der Waals surface area contributed by atoms with E-state index in [1.807, 2.05) is 12.2 Å². The Morgan fingerprint density at radius 2 is 1.75 bits per heavy atom. The lowest BCUT2D eigenvalue weighted by molar-refractivity contribution is 0.539. The van der Waals surface area contributed by atoms with E-state index in [1.165, 1.54) is 0 Å². The maximum Gasteiger partial charge on any atom is 0.243 e. The highest BCUT2D eigenvalue weighted by Gasteiger charge is 2.25. The van der Waals surface area contributed by atoms with Gasteiger partial charge < -0.3 is 0 Å². The first kappa shape index (κ1) is 15.1. The maximum absolute atomic E-state index is 13.7. The van der Waals surface area contributed by atoms with Crippen molar-refractivity contribution < 1.29 is 21.2 Å². The van der Waals surface area contributed by atoms with Gasteiger partial charge in [0.15, 0.2) is 9.84 Å². The Hall–Kier alpha value is -1.25. The van der Waals surface area contributed by atoms with E-state index in [0.717, 1.165) is 24.5 Å². The predicted molar refractivity (Wildman–Crippen MR) is 72.0 cm³/mol. The van der Waals surface area contributed by atoms with Gasteiger partial charge in [-0.05, 0) is 31.0 Å². The smallest absolute Gasteiger partial charge is 0.224 e. The molecular weight excluding hydrogens is 305 g/mol. The summed E-state index contributed by atoms with van der Waals surface area (Å²) in [6, 6.07) is 2.41. The summed E-state index contributed by atoms with van der Waals surface area (Å²) in [5.41, 5.74) is 0. The molecule has 5 nitrogen and oxygen atoms in total. The minimum atomic E-state index is -4.09. The molecule has 8 heteroatoms. The molecule has 0 saturated carbocycles. The fourth-order valence-corrected chi connectivity index (χ4v) is 4.00. The van der Waals surface area contributed by atoms with E-state index in [9.17, 15) is 21.2 Å². The van der Waals surface area contributed by atoms with E-state index in [-0.39, 0.29) is 10.9 Å². The molecule has 0 amide bonds. The largest absolute Gasteiger partial charge is 0.243 e. The quantitative estimate of drug-likeness (QED) is 0.668. The van der Waals surface area contributed by atoms with Crippen molar-refractivity contribution in [2.45, 2.75) is 28.7 Å². The SMILES string of the molecule is CS(=O)(=O)c1ccc(F)c(S(=O)(=O)NC2CC=CC2)c1. The standard InChI is InChI=1S/C12H14FNO4S2/c1-19(15,16)10-6-7-11(13)12(8-10)20(17,18)14-9-4-2-3-5-9/h2-3,6-9,14H,4-5H2,1H3. The zero-order chi connectivity index (χ0) is 15.0. The lowest BCUT2D eigenvalue weighted by Crippen LogP contribution is -2.33. The third-order valence-corrected chi connectivity index (χ3v) is 5.60. The second kappa shape index (κ2) is 5.27. The number of halogens is 1. The van der Waals surface area contributed by atoms with E-state index in [2.05, 4.69) is 4.72 Å². The van der Waals surface area contributed by atoms with Gasteiger partial charge in [-0.2, -0.15) is 0 Å². The van der Waals surface area contributed by atoms with Gasteiger partial charge >= 0.3 is 0 Å². The van der Waals surface area contributed by atoms with Crippen LogP contribution >= 0.6 is 0 Å². The summed E-state index contributed by atoms with van der Waals surface area (Å²) in [7, 11) is -7.69. The molecule has 2 rings (SSSR count). The Bertz CT molecular complexity index is 746. The number of nitrogens with one attached hydrogen (secondary N) is 1. The molecule has 1 aromatic carbocycles. The van der Waals surface area contributed by atoms with Crippen molar-refractivity contribution >= 4 is 19.9 Å². The first-order valence-corrected chi connectivity index (χ1v) is 9.24. The Morgan fingerprint density at radius 3 is 2.30 bits per heavy atom. The fourth-order valence-electron chi connectivity index (χ4n) is 1.92. The highest BCUT2D eigenvalue weighted by atomic mass is 32.2. The third kappa shape index (κ3) is 3.25. The summed E-state index contributed by atoms with van der Waals surface area (Å²) in [4.78, 5) is -0.879. The van der Waals surface area contributed by atoms with Gasteiger partial charge in [0, 0.05) is 12.3 Å². The summed E-state index contributed by atoms with van der Waals surface area (Å²) in [5.74, 6) is -0.976. The van der Waals surface area contributed by atoms with Crippen molar-refractivity contribution in [3.63, 3.8) is 0 Å².